The molecular weight excluding hydrogens is 502 g/mol. The Morgan fingerprint density at radius 2 is 1.22 bits per heavy atom. The highest BCUT2D eigenvalue weighted by atomic mass is 15.2. The van der Waals surface area contributed by atoms with E-state index in [1.165, 1.54) is 22.0 Å². The summed E-state index contributed by atoms with van der Waals surface area (Å²) in [5, 5.41) is 2.47. The molecule has 1 unspecified atom stereocenters. The largest absolute Gasteiger partial charge is 0.295 e. The molecule has 0 bridgehead atoms. The molecule has 5 nitrogen and oxygen atoms in total. The van der Waals surface area contributed by atoms with Crippen molar-refractivity contribution in [2.24, 2.45) is 0 Å². The van der Waals surface area contributed by atoms with Gasteiger partial charge < -0.3 is 0 Å². The van der Waals surface area contributed by atoms with Crippen molar-refractivity contribution >= 4 is 28.0 Å². The van der Waals surface area contributed by atoms with E-state index in [1.54, 1.807) is 0 Å². The molecule has 0 radical (unpaired) electrons. The molecule has 0 saturated heterocycles. The predicted molar refractivity (Wildman–Crippen MR) is 166 cm³/mol. The van der Waals surface area contributed by atoms with E-state index in [9.17, 15) is 0 Å². The third kappa shape index (κ3) is 3.74. The van der Waals surface area contributed by atoms with Crippen molar-refractivity contribution in [2.75, 3.05) is 0 Å². The summed E-state index contributed by atoms with van der Waals surface area (Å²) in [4.78, 5) is 15.2. The zero-order valence-electron chi connectivity index (χ0n) is 22.6. The normalized spacial score (nSPS) is 14.5. The minimum Gasteiger partial charge on any atom is -0.295 e. The van der Waals surface area contributed by atoms with E-state index in [2.05, 4.69) is 107 Å². The third-order valence-electron chi connectivity index (χ3n) is 8.01. The van der Waals surface area contributed by atoms with Gasteiger partial charge >= 0.3 is 0 Å². The SMILES string of the molecule is CC1CC=Cc2c1c1c3ccccc3n(-c3nc(-c4ccccc4)nc(-c4ccccc4)n3)c1n2-c1ccccc1. The molecule has 41 heavy (non-hydrogen) atoms. The Hall–Kier alpha value is -5.29. The van der Waals surface area contributed by atoms with Gasteiger partial charge in [-0.25, -0.2) is 4.98 Å². The maximum Gasteiger partial charge on any atom is 0.239 e. The topological polar surface area (TPSA) is 48.5 Å². The highest BCUT2D eigenvalue weighted by molar-refractivity contribution is 6.12. The molecule has 0 spiro atoms. The standard InChI is InChI=1S/C36H27N5/c1-24-14-13-23-30-31(24)32-28-21-11-12-22-29(28)41(35(32)40(30)27-19-9-4-10-20-27)36-38-33(25-15-5-2-6-16-25)37-34(39-36)26-17-7-3-8-18-26/h2-13,15-24H,14H2,1H3. The zero-order valence-corrected chi connectivity index (χ0v) is 22.6. The number of para-hydroxylation sites is 2. The van der Waals surface area contributed by atoms with E-state index in [0.717, 1.165) is 34.4 Å². The van der Waals surface area contributed by atoms with Crippen molar-refractivity contribution < 1.29 is 0 Å². The molecule has 4 aromatic carbocycles. The van der Waals surface area contributed by atoms with Gasteiger partial charge in [-0.15, -0.1) is 0 Å². The van der Waals surface area contributed by atoms with Crippen molar-refractivity contribution in [2.45, 2.75) is 19.3 Å². The second-order valence-corrected chi connectivity index (χ2v) is 10.6. The number of rotatable bonds is 4. The number of nitrogens with zero attached hydrogens (tertiary/aromatic N) is 5. The fraction of sp³-hybridized carbons (Fsp3) is 0.0833. The van der Waals surface area contributed by atoms with Crippen molar-refractivity contribution in [1.29, 1.82) is 0 Å². The number of hydrogen-bond donors (Lipinski definition) is 0. The van der Waals surface area contributed by atoms with Crippen LogP contribution in [0.15, 0.2) is 121 Å². The maximum absolute atomic E-state index is 5.14. The van der Waals surface area contributed by atoms with Gasteiger partial charge in [0.15, 0.2) is 11.6 Å². The van der Waals surface area contributed by atoms with Crippen LogP contribution in [0.4, 0.5) is 0 Å². The number of aromatic nitrogens is 5. The first-order valence-corrected chi connectivity index (χ1v) is 14.0. The molecule has 7 aromatic rings. The molecule has 0 saturated carbocycles. The van der Waals surface area contributed by atoms with Crippen LogP contribution < -0.4 is 0 Å². The van der Waals surface area contributed by atoms with Gasteiger partial charge in [0.1, 0.15) is 5.65 Å². The minimum atomic E-state index is 0.389. The molecule has 196 valence electrons. The van der Waals surface area contributed by atoms with Crippen LogP contribution in [0.3, 0.4) is 0 Å². The van der Waals surface area contributed by atoms with Crippen LogP contribution >= 0.6 is 0 Å². The van der Waals surface area contributed by atoms with Crippen LogP contribution in [0.1, 0.15) is 30.5 Å². The molecule has 1 aliphatic rings. The number of hydrogen-bond acceptors (Lipinski definition) is 3. The highest BCUT2D eigenvalue weighted by Crippen LogP contribution is 2.44. The summed E-state index contributed by atoms with van der Waals surface area (Å²) in [6, 6.07) is 39.5. The van der Waals surface area contributed by atoms with Crippen molar-refractivity contribution in [1.82, 2.24) is 24.1 Å². The van der Waals surface area contributed by atoms with Gasteiger partial charge in [0.25, 0.3) is 0 Å². The first kappa shape index (κ1) is 23.6. The van der Waals surface area contributed by atoms with Gasteiger partial charge in [0.05, 0.1) is 11.2 Å². The Kier molecular flexibility index (Phi) is 5.42. The van der Waals surface area contributed by atoms with Crippen molar-refractivity contribution in [3.63, 3.8) is 0 Å². The number of allylic oxidation sites excluding steroid dienone is 1. The molecule has 0 amide bonds. The molecule has 3 aromatic heterocycles. The van der Waals surface area contributed by atoms with Crippen LogP contribution in [0, 0.1) is 0 Å². The van der Waals surface area contributed by atoms with E-state index in [0.29, 0.717) is 23.5 Å². The number of benzene rings is 4. The predicted octanol–water partition coefficient (Wildman–Crippen LogP) is 8.61. The van der Waals surface area contributed by atoms with Gasteiger partial charge in [0, 0.05) is 27.6 Å². The molecular formula is C36H27N5. The van der Waals surface area contributed by atoms with Crippen molar-refractivity contribution in [3.8, 4) is 34.4 Å². The summed E-state index contributed by atoms with van der Waals surface area (Å²) in [6.07, 6.45) is 5.59. The highest BCUT2D eigenvalue weighted by Gasteiger charge is 2.29. The molecule has 5 heteroatoms. The summed E-state index contributed by atoms with van der Waals surface area (Å²) >= 11 is 0. The van der Waals surface area contributed by atoms with Crippen LogP contribution in [0.2, 0.25) is 0 Å². The van der Waals surface area contributed by atoms with Gasteiger partial charge in [0.2, 0.25) is 5.95 Å². The van der Waals surface area contributed by atoms with Gasteiger partial charge in [-0.1, -0.05) is 110 Å². The molecule has 0 N–H and O–H groups in total. The monoisotopic (exact) mass is 529 g/mol. The van der Waals surface area contributed by atoms with Gasteiger partial charge in [-0.2, -0.15) is 9.97 Å². The Labute approximate surface area is 238 Å². The first-order valence-electron chi connectivity index (χ1n) is 14.0. The second kappa shape index (κ2) is 9.42. The first-order chi connectivity index (χ1) is 20.3. The average Bonchev–Trinajstić information content (AvgIpc) is 3.55. The van der Waals surface area contributed by atoms with E-state index in [-0.39, 0.29) is 0 Å². The summed E-state index contributed by atoms with van der Waals surface area (Å²) in [5.41, 5.74) is 7.77. The lowest BCUT2D eigenvalue weighted by molar-refractivity contribution is 0.772. The summed E-state index contributed by atoms with van der Waals surface area (Å²) in [7, 11) is 0. The zero-order chi connectivity index (χ0) is 27.3. The summed E-state index contributed by atoms with van der Waals surface area (Å²) < 4.78 is 4.61. The molecule has 0 aliphatic heterocycles. The van der Waals surface area contributed by atoms with Gasteiger partial charge in [-0.05, 0) is 42.2 Å². The molecule has 0 fully saturated rings. The van der Waals surface area contributed by atoms with Crippen LogP contribution in [-0.4, -0.2) is 24.1 Å². The fourth-order valence-corrected chi connectivity index (χ4v) is 6.17. The Morgan fingerprint density at radius 1 is 0.634 bits per heavy atom. The van der Waals surface area contributed by atoms with Crippen LogP contribution in [0.25, 0.3) is 62.4 Å². The lowest BCUT2D eigenvalue weighted by Gasteiger charge is -2.18. The van der Waals surface area contributed by atoms with E-state index < -0.39 is 0 Å². The molecule has 8 rings (SSSR count). The fourth-order valence-electron chi connectivity index (χ4n) is 6.17. The Bertz CT molecular complexity index is 2010. The summed E-state index contributed by atoms with van der Waals surface area (Å²) in [6.45, 7) is 2.33. The smallest absolute Gasteiger partial charge is 0.239 e. The van der Waals surface area contributed by atoms with Gasteiger partial charge in [-0.3, -0.25) is 9.13 Å². The molecule has 1 aliphatic carbocycles. The lowest BCUT2D eigenvalue weighted by Crippen LogP contribution is -2.09. The average molecular weight is 530 g/mol. The van der Waals surface area contributed by atoms with E-state index in [4.69, 9.17) is 15.0 Å². The maximum atomic E-state index is 5.14. The quantitative estimate of drug-likeness (QED) is 0.229. The Balaban J connectivity index is 1.53. The van der Waals surface area contributed by atoms with Crippen molar-refractivity contribution in [3.05, 3.63) is 133 Å². The Morgan fingerprint density at radius 3 is 1.88 bits per heavy atom. The van der Waals surface area contributed by atoms with E-state index in [1.807, 2.05) is 36.4 Å². The van der Waals surface area contributed by atoms with E-state index >= 15 is 0 Å². The van der Waals surface area contributed by atoms with Crippen LogP contribution in [0.5, 0.6) is 0 Å². The number of fused-ring (bicyclic) bond motifs is 5. The summed E-state index contributed by atoms with van der Waals surface area (Å²) in [5.74, 6) is 2.29. The third-order valence-corrected chi connectivity index (χ3v) is 8.01. The molecule has 1 atom stereocenters. The minimum absolute atomic E-state index is 0.389. The second-order valence-electron chi connectivity index (χ2n) is 10.6. The molecule has 3 heterocycles. The lowest BCUT2D eigenvalue weighted by atomic mass is 9.90. The van der Waals surface area contributed by atoms with Crippen LogP contribution in [-0.2, 0) is 0 Å².